The standard InChI is InChI=1S/C17H20N2O5S/c1-25(22,23)13-5-2-4-12(10-13)16(21)18-8-6-17-14(18)11-15(20)19(17)7-3-9-24-17/h2,4-5,10,14H,3,6-9,11H2,1H3/t14-,17+/m1/s1. The SMILES string of the molecule is CS(=O)(=O)c1cccc(C(=O)N2CC[C@@]34OCCCN3C(=O)C[C@@H]24)c1. The van der Waals surface area contributed by atoms with Crippen molar-refractivity contribution in [2.75, 3.05) is 26.0 Å². The fourth-order valence-electron chi connectivity index (χ4n) is 4.22. The van der Waals surface area contributed by atoms with Gasteiger partial charge < -0.3 is 14.5 Å². The first-order chi connectivity index (χ1) is 11.8. The molecule has 3 aliphatic heterocycles. The third-order valence-electron chi connectivity index (χ3n) is 5.38. The van der Waals surface area contributed by atoms with Gasteiger partial charge in [0.15, 0.2) is 15.6 Å². The Morgan fingerprint density at radius 3 is 2.88 bits per heavy atom. The molecule has 0 radical (unpaired) electrons. The van der Waals surface area contributed by atoms with Crippen LogP contribution in [0.4, 0.5) is 0 Å². The molecule has 1 aromatic rings. The number of nitrogens with zero attached hydrogens (tertiary/aromatic N) is 2. The Morgan fingerprint density at radius 1 is 1.32 bits per heavy atom. The van der Waals surface area contributed by atoms with Gasteiger partial charge in [0.05, 0.1) is 24.0 Å². The first kappa shape index (κ1) is 16.5. The summed E-state index contributed by atoms with van der Waals surface area (Å²) in [6.07, 6.45) is 2.79. The van der Waals surface area contributed by atoms with E-state index in [4.69, 9.17) is 4.74 Å². The maximum absolute atomic E-state index is 13.0. The molecule has 134 valence electrons. The third-order valence-corrected chi connectivity index (χ3v) is 6.49. The second-order valence-corrected chi connectivity index (χ2v) is 8.88. The molecule has 2 amide bonds. The zero-order valence-corrected chi connectivity index (χ0v) is 14.8. The molecule has 0 aromatic heterocycles. The Bertz CT molecular complexity index is 852. The van der Waals surface area contributed by atoms with Crippen molar-refractivity contribution in [3.63, 3.8) is 0 Å². The Balaban J connectivity index is 1.65. The topological polar surface area (TPSA) is 84.0 Å². The van der Waals surface area contributed by atoms with Crippen LogP contribution in [0.1, 0.15) is 29.6 Å². The molecule has 3 aliphatic rings. The highest BCUT2D eigenvalue weighted by Crippen LogP contribution is 2.45. The van der Waals surface area contributed by atoms with E-state index < -0.39 is 15.6 Å². The maximum Gasteiger partial charge on any atom is 0.254 e. The molecule has 0 N–H and O–H groups in total. The molecule has 0 saturated carbocycles. The van der Waals surface area contributed by atoms with Gasteiger partial charge in [0, 0.05) is 31.3 Å². The predicted octanol–water partition coefficient (Wildman–Crippen LogP) is 0.654. The van der Waals surface area contributed by atoms with Crippen molar-refractivity contribution < 1.29 is 22.7 Å². The zero-order valence-electron chi connectivity index (χ0n) is 14.0. The Labute approximate surface area is 146 Å². The predicted molar refractivity (Wildman–Crippen MR) is 88.6 cm³/mol. The summed E-state index contributed by atoms with van der Waals surface area (Å²) in [5, 5.41) is 0. The minimum atomic E-state index is -3.39. The Kier molecular flexibility index (Phi) is 3.66. The molecule has 1 aromatic carbocycles. The monoisotopic (exact) mass is 364 g/mol. The van der Waals surface area contributed by atoms with Gasteiger partial charge in [0.2, 0.25) is 5.91 Å². The Hall–Kier alpha value is -1.93. The van der Waals surface area contributed by atoms with Gasteiger partial charge in [-0.1, -0.05) is 6.07 Å². The average Bonchev–Trinajstić information content (AvgIpc) is 3.06. The number of hydrogen-bond acceptors (Lipinski definition) is 5. The number of likely N-dealkylation sites (tertiary alicyclic amines) is 1. The van der Waals surface area contributed by atoms with E-state index in [1.165, 1.54) is 12.1 Å². The van der Waals surface area contributed by atoms with Gasteiger partial charge in [-0.2, -0.15) is 0 Å². The Morgan fingerprint density at radius 2 is 2.12 bits per heavy atom. The first-order valence-corrected chi connectivity index (χ1v) is 10.3. The van der Waals surface area contributed by atoms with Crippen LogP contribution in [0, 0.1) is 0 Å². The van der Waals surface area contributed by atoms with Gasteiger partial charge in [-0.15, -0.1) is 0 Å². The van der Waals surface area contributed by atoms with Crippen LogP contribution in [0.3, 0.4) is 0 Å². The number of ether oxygens (including phenoxy) is 1. The minimum Gasteiger partial charge on any atom is -0.353 e. The molecule has 3 saturated heterocycles. The molecule has 0 unspecified atom stereocenters. The van der Waals surface area contributed by atoms with Crippen LogP contribution in [0.15, 0.2) is 29.2 Å². The fraction of sp³-hybridized carbons (Fsp3) is 0.529. The normalized spacial score (nSPS) is 28.8. The van der Waals surface area contributed by atoms with E-state index in [1.54, 1.807) is 21.9 Å². The van der Waals surface area contributed by atoms with Gasteiger partial charge in [-0.25, -0.2) is 8.42 Å². The van der Waals surface area contributed by atoms with E-state index >= 15 is 0 Å². The number of sulfone groups is 1. The third kappa shape index (κ3) is 2.46. The summed E-state index contributed by atoms with van der Waals surface area (Å²) in [7, 11) is -3.39. The number of benzene rings is 1. The highest BCUT2D eigenvalue weighted by Gasteiger charge is 2.61. The molecule has 7 nitrogen and oxygen atoms in total. The van der Waals surface area contributed by atoms with E-state index in [9.17, 15) is 18.0 Å². The molecule has 3 fully saturated rings. The zero-order chi connectivity index (χ0) is 17.8. The first-order valence-electron chi connectivity index (χ1n) is 8.38. The van der Waals surface area contributed by atoms with Crippen molar-refractivity contribution in [3.8, 4) is 0 Å². The molecule has 25 heavy (non-hydrogen) atoms. The van der Waals surface area contributed by atoms with E-state index in [-0.39, 0.29) is 29.2 Å². The summed E-state index contributed by atoms with van der Waals surface area (Å²) in [6, 6.07) is 5.74. The van der Waals surface area contributed by atoms with Gasteiger partial charge in [-0.3, -0.25) is 9.59 Å². The van der Waals surface area contributed by atoms with Crippen molar-refractivity contribution in [1.29, 1.82) is 0 Å². The molecule has 4 rings (SSSR count). The van der Waals surface area contributed by atoms with Crippen LogP contribution in [0.25, 0.3) is 0 Å². The van der Waals surface area contributed by atoms with E-state index in [2.05, 4.69) is 0 Å². The molecule has 3 heterocycles. The van der Waals surface area contributed by atoms with E-state index in [0.717, 1.165) is 12.7 Å². The van der Waals surface area contributed by atoms with Crippen LogP contribution in [0.5, 0.6) is 0 Å². The van der Waals surface area contributed by atoms with Gasteiger partial charge in [0.25, 0.3) is 5.91 Å². The average molecular weight is 364 g/mol. The van der Waals surface area contributed by atoms with Crippen molar-refractivity contribution >= 4 is 21.7 Å². The number of amides is 2. The van der Waals surface area contributed by atoms with Gasteiger partial charge in [-0.05, 0) is 24.6 Å². The van der Waals surface area contributed by atoms with E-state index in [0.29, 0.717) is 31.7 Å². The largest absolute Gasteiger partial charge is 0.353 e. The number of rotatable bonds is 2. The van der Waals surface area contributed by atoms with Crippen molar-refractivity contribution in [2.45, 2.75) is 35.9 Å². The number of hydrogen-bond donors (Lipinski definition) is 0. The van der Waals surface area contributed by atoms with Crippen LogP contribution in [-0.2, 0) is 19.4 Å². The summed E-state index contributed by atoms with van der Waals surface area (Å²) in [6.45, 7) is 1.75. The molecule has 0 bridgehead atoms. The molecule has 2 atom stereocenters. The highest BCUT2D eigenvalue weighted by atomic mass is 32.2. The minimum absolute atomic E-state index is 0.0205. The van der Waals surface area contributed by atoms with Crippen LogP contribution < -0.4 is 0 Å². The molecule has 0 aliphatic carbocycles. The lowest BCUT2D eigenvalue weighted by molar-refractivity contribution is -0.179. The second kappa shape index (κ2) is 5.54. The van der Waals surface area contributed by atoms with Crippen molar-refractivity contribution in [3.05, 3.63) is 29.8 Å². The van der Waals surface area contributed by atoms with Gasteiger partial charge >= 0.3 is 0 Å². The molecule has 1 spiro atoms. The summed E-state index contributed by atoms with van der Waals surface area (Å²) in [5.41, 5.74) is -0.374. The smallest absolute Gasteiger partial charge is 0.254 e. The fourth-order valence-corrected chi connectivity index (χ4v) is 4.89. The lowest BCUT2D eigenvalue weighted by Gasteiger charge is -2.42. The van der Waals surface area contributed by atoms with Gasteiger partial charge in [0.1, 0.15) is 0 Å². The van der Waals surface area contributed by atoms with Crippen LogP contribution in [-0.4, -0.2) is 67.8 Å². The van der Waals surface area contributed by atoms with E-state index in [1.807, 2.05) is 0 Å². The summed E-state index contributed by atoms with van der Waals surface area (Å²) in [4.78, 5) is 28.9. The lowest BCUT2D eigenvalue weighted by Crippen LogP contribution is -2.56. The summed E-state index contributed by atoms with van der Waals surface area (Å²) >= 11 is 0. The van der Waals surface area contributed by atoms with Crippen molar-refractivity contribution in [1.82, 2.24) is 9.80 Å². The molecular formula is C17H20N2O5S. The summed E-state index contributed by atoms with van der Waals surface area (Å²) in [5.74, 6) is -0.233. The quantitative estimate of drug-likeness (QED) is 0.769. The second-order valence-electron chi connectivity index (χ2n) is 6.86. The molecule has 8 heteroatoms. The maximum atomic E-state index is 13.0. The number of carbonyl (C=O) groups excluding carboxylic acids is 2. The van der Waals surface area contributed by atoms with Crippen molar-refractivity contribution in [2.24, 2.45) is 0 Å². The summed E-state index contributed by atoms with van der Waals surface area (Å²) < 4.78 is 29.5. The molecular weight excluding hydrogens is 344 g/mol. The van der Waals surface area contributed by atoms with Crippen LogP contribution >= 0.6 is 0 Å². The lowest BCUT2D eigenvalue weighted by atomic mass is 10.0. The number of carbonyl (C=O) groups is 2. The van der Waals surface area contributed by atoms with Crippen LogP contribution in [0.2, 0.25) is 0 Å². The highest BCUT2D eigenvalue weighted by molar-refractivity contribution is 7.90.